The van der Waals surface area contributed by atoms with E-state index in [4.69, 9.17) is 25.8 Å². The van der Waals surface area contributed by atoms with Crippen LogP contribution in [0.4, 0.5) is 0 Å². The second-order valence-corrected chi connectivity index (χ2v) is 7.19. The number of carboxylic acid groups (broad SMARTS) is 1. The van der Waals surface area contributed by atoms with Gasteiger partial charge in [0.05, 0.1) is 18.6 Å². The number of aliphatic carboxylic acids is 1. The number of ether oxygens (including phenoxy) is 1. The van der Waals surface area contributed by atoms with Crippen LogP contribution in [0.5, 0.6) is 0 Å². The Morgan fingerprint density at radius 1 is 1.00 bits per heavy atom. The predicted octanol–water partition coefficient (Wildman–Crippen LogP) is -0.149. The van der Waals surface area contributed by atoms with Crippen molar-refractivity contribution < 1.29 is 39.9 Å². The molecule has 0 unspecified atom stereocenters. The lowest BCUT2D eigenvalue weighted by Gasteiger charge is -2.38. The Kier molecular flexibility index (Phi) is 8.81. The van der Waals surface area contributed by atoms with E-state index < -0.39 is 49.1 Å². The quantitative estimate of drug-likeness (QED) is 0.351. The number of rotatable bonds is 5. The average molecular weight is 433 g/mol. The summed E-state index contributed by atoms with van der Waals surface area (Å²) in [5.74, 6) is -1.62. The molecule has 1 saturated heterocycles. The van der Waals surface area contributed by atoms with Crippen molar-refractivity contribution in [2.24, 2.45) is 5.73 Å². The highest BCUT2D eigenvalue weighted by atomic mass is 16.6. The van der Waals surface area contributed by atoms with Gasteiger partial charge in [-0.15, -0.1) is 0 Å². The summed E-state index contributed by atoms with van der Waals surface area (Å²) in [4.78, 5) is 23.2. The molecule has 6 atom stereocenters. The number of ketones is 1. The maximum absolute atomic E-state index is 12.2. The summed E-state index contributed by atoms with van der Waals surface area (Å²) in [7, 11) is 0. The number of carbonyl (C=O) groups is 2. The first-order chi connectivity index (χ1) is 14.7. The van der Waals surface area contributed by atoms with Crippen molar-refractivity contribution in [1.29, 1.82) is 0 Å². The highest BCUT2D eigenvalue weighted by Gasteiger charge is 2.41. The maximum atomic E-state index is 12.2. The van der Waals surface area contributed by atoms with Crippen LogP contribution in [0.15, 0.2) is 54.6 Å². The molecule has 31 heavy (non-hydrogen) atoms. The molecule has 0 amide bonds. The normalized spacial score (nSPS) is 26.3. The van der Waals surface area contributed by atoms with Crippen molar-refractivity contribution in [1.82, 2.24) is 0 Å². The first kappa shape index (κ1) is 24.6. The van der Waals surface area contributed by atoms with E-state index in [9.17, 15) is 19.8 Å². The molecule has 2 aromatic rings. The molecule has 1 aliphatic heterocycles. The van der Waals surface area contributed by atoms with E-state index in [1.807, 2.05) is 6.07 Å². The minimum atomic E-state index is -1.35. The van der Waals surface area contributed by atoms with Crippen molar-refractivity contribution in [2.75, 3.05) is 6.61 Å². The number of aliphatic hydroxyl groups excluding tert-OH is 4. The van der Waals surface area contributed by atoms with Crippen LogP contribution >= 0.6 is 0 Å². The van der Waals surface area contributed by atoms with Gasteiger partial charge in [0.1, 0.15) is 18.3 Å². The van der Waals surface area contributed by atoms with Crippen LogP contribution in [0.2, 0.25) is 0 Å². The van der Waals surface area contributed by atoms with E-state index in [1.54, 1.807) is 55.5 Å². The van der Waals surface area contributed by atoms with Crippen molar-refractivity contribution in [3.05, 3.63) is 71.3 Å². The van der Waals surface area contributed by atoms with Crippen LogP contribution in [-0.2, 0) is 9.53 Å². The van der Waals surface area contributed by atoms with Gasteiger partial charge in [-0.2, -0.15) is 0 Å². The molecule has 2 aromatic carbocycles. The smallest absolute Gasteiger partial charge is 0.310 e. The number of aliphatic hydroxyl groups is 4. The highest BCUT2D eigenvalue weighted by molar-refractivity contribution is 6.09. The lowest BCUT2D eigenvalue weighted by molar-refractivity contribution is -0.248. The Labute approximate surface area is 179 Å². The molecular weight excluding hydrogens is 406 g/mol. The maximum Gasteiger partial charge on any atom is 0.310 e. The van der Waals surface area contributed by atoms with Gasteiger partial charge in [0, 0.05) is 11.1 Å². The molecule has 7 N–H and O–H groups in total. The average Bonchev–Trinajstić information content (AvgIpc) is 2.80. The summed E-state index contributed by atoms with van der Waals surface area (Å²) in [5.41, 5.74) is 7.01. The highest BCUT2D eigenvalue weighted by Crippen LogP contribution is 2.19. The zero-order valence-corrected chi connectivity index (χ0v) is 16.9. The molecule has 1 fully saturated rings. The Balaban J connectivity index is 0.000000245. The minimum absolute atomic E-state index is 0.0972. The Morgan fingerprint density at radius 2 is 1.61 bits per heavy atom. The summed E-state index contributed by atoms with van der Waals surface area (Å²) < 4.78 is 4.70. The number of hydrogen-bond donors (Lipinski definition) is 6. The monoisotopic (exact) mass is 433 g/mol. The molecule has 1 aliphatic rings. The Bertz CT molecular complexity index is 870. The van der Waals surface area contributed by atoms with Crippen molar-refractivity contribution in [3.8, 4) is 0 Å². The van der Waals surface area contributed by atoms with Crippen molar-refractivity contribution >= 4 is 11.8 Å². The molecule has 0 spiro atoms. The Morgan fingerprint density at radius 3 is 2.19 bits per heavy atom. The molecule has 168 valence electrons. The second-order valence-electron chi connectivity index (χ2n) is 7.19. The standard InChI is InChI=1S/C16H14O3.C6H13NO5/c1-11(16(18)19)13-8-5-9-14(10-13)15(17)12-6-3-2-4-7-12;7-3-5(10)4(9)2(1-8)12-6(3)11/h2-11H,1H3,(H,18,19);2-6,8-11H,1,7H2/t11-;2-,3-,4-,5-,6-/m11/s1. The van der Waals surface area contributed by atoms with Gasteiger partial charge in [-0.3, -0.25) is 9.59 Å². The van der Waals surface area contributed by atoms with Crippen LogP contribution in [-0.4, -0.2) is 74.5 Å². The van der Waals surface area contributed by atoms with Gasteiger partial charge >= 0.3 is 5.97 Å². The summed E-state index contributed by atoms with van der Waals surface area (Å²) >= 11 is 0. The van der Waals surface area contributed by atoms with Crippen LogP contribution in [0, 0.1) is 0 Å². The topological polar surface area (TPSA) is 171 Å². The largest absolute Gasteiger partial charge is 0.481 e. The molecular formula is C22H27NO8. The third kappa shape index (κ3) is 6.17. The number of benzene rings is 2. The van der Waals surface area contributed by atoms with Gasteiger partial charge in [-0.25, -0.2) is 0 Å². The first-order valence-corrected chi connectivity index (χ1v) is 9.66. The van der Waals surface area contributed by atoms with Crippen LogP contribution < -0.4 is 5.73 Å². The van der Waals surface area contributed by atoms with Gasteiger partial charge < -0.3 is 36.0 Å². The summed E-state index contributed by atoms with van der Waals surface area (Å²) in [6, 6.07) is 14.7. The second kappa shape index (κ2) is 11.1. The van der Waals surface area contributed by atoms with E-state index in [-0.39, 0.29) is 5.78 Å². The van der Waals surface area contributed by atoms with Gasteiger partial charge in [-0.1, -0.05) is 48.5 Å². The molecule has 9 heteroatoms. The number of hydrogen-bond acceptors (Lipinski definition) is 8. The molecule has 0 radical (unpaired) electrons. The predicted molar refractivity (Wildman–Crippen MR) is 110 cm³/mol. The fourth-order valence-corrected chi connectivity index (χ4v) is 2.97. The third-order valence-electron chi connectivity index (χ3n) is 5.00. The van der Waals surface area contributed by atoms with Gasteiger partial charge in [0.25, 0.3) is 0 Å². The van der Waals surface area contributed by atoms with Crippen molar-refractivity contribution in [3.63, 3.8) is 0 Å². The number of nitrogens with two attached hydrogens (primary N) is 1. The molecule has 0 aliphatic carbocycles. The summed E-state index contributed by atoms with van der Waals surface area (Å²) in [5, 5.41) is 45.1. The molecule has 0 bridgehead atoms. The van der Waals surface area contributed by atoms with Crippen LogP contribution in [0.3, 0.4) is 0 Å². The van der Waals surface area contributed by atoms with E-state index in [0.717, 1.165) is 0 Å². The fraction of sp³-hybridized carbons (Fsp3) is 0.364. The lowest BCUT2D eigenvalue weighted by atomic mass is 9.96. The number of carboxylic acids is 1. The SMILES string of the molecule is C[C@@H](C(=O)O)c1cccc(C(=O)c2ccccc2)c1.N[C@@H]1[C@@H](O)[C@H](O)[C@@H](CO)O[C@H]1O. The van der Waals surface area contributed by atoms with E-state index >= 15 is 0 Å². The molecule has 0 saturated carbocycles. The zero-order chi connectivity index (χ0) is 23.1. The first-order valence-electron chi connectivity index (χ1n) is 9.66. The molecule has 1 heterocycles. The molecule has 9 nitrogen and oxygen atoms in total. The molecule has 0 aromatic heterocycles. The van der Waals surface area contributed by atoms with E-state index in [0.29, 0.717) is 16.7 Å². The Hall–Kier alpha value is -2.66. The zero-order valence-electron chi connectivity index (χ0n) is 16.9. The lowest BCUT2D eigenvalue weighted by Crippen LogP contribution is -2.61. The van der Waals surface area contributed by atoms with Crippen LogP contribution in [0.1, 0.15) is 34.3 Å². The van der Waals surface area contributed by atoms with Crippen molar-refractivity contribution in [2.45, 2.75) is 43.5 Å². The van der Waals surface area contributed by atoms with Gasteiger partial charge in [0.15, 0.2) is 12.1 Å². The minimum Gasteiger partial charge on any atom is -0.481 e. The van der Waals surface area contributed by atoms with Gasteiger partial charge in [0.2, 0.25) is 0 Å². The molecule has 3 rings (SSSR count). The summed E-state index contributed by atoms with van der Waals surface area (Å²) in [6.45, 7) is 1.14. The fourth-order valence-electron chi connectivity index (χ4n) is 2.97. The van der Waals surface area contributed by atoms with E-state index in [2.05, 4.69) is 0 Å². The van der Waals surface area contributed by atoms with Crippen LogP contribution in [0.25, 0.3) is 0 Å². The third-order valence-corrected chi connectivity index (χ3v) is 5.00. The number of carbonyl (C=O) groups excluding carboxylic acids is 1. The van der Waals surface area contributed by atoms with Gasteiger partial charge in [-0.05, 0) is 18.6 Å². The van der Waals surface area contributed by atoms with E-state index in [1.165, 1.54) is 0 Å². The summed E-state index contributed by atoms with van der Waals surface area (Å²) in [6.07, 6.45) is -4.85.